The molecule has 0 saturated carbocycles. The fourth-order valence-corrected chi connectivity index (χ4v) is 3.14. The van der Waals surface area contributed by atoms with E-state index in [0.29, 0.717) is 27.4 Å². The molecule has 25 heavy (non-hydrogen) atoms. The first-order valence-corrected chi connectivity index (χ1v) is 8.81. The molecule has 7 heteroatoms. The van der Waals surface area contributed by atoms with Crippen LogP contribution in [0.5, 0.6) is 0 Å². The van der Waals surface area contributed by atoms with Gasteiger partial charge in [-0.3, -0.25) is 0 Å². The molecule has 0 saturated heterocycles. The van der Waals surface area contributed by atoms with E-state index < -0.39 is 0 Å². The highest BCUT2D eigenvalue weighted by atomic mass is 35.5. The van der Waals surface area contributed by atoms with Crippen LogP contribution in [0, 0.1) is 0 Å². The van der Waals surface area contributed by atoms with Crippen LogP contribution in [0.1, 0.15) is 11.6 Å². The third-order valence-corrected chi connectivity index (χ3v) is 4.41. The number of imidazole rings is 1. The van der Waals surface area contributed by atoms with E-state index in [4.69, 9.17) is 35.4 Å². The number of thiocarbonyl (C=S) groups is 1. The molecular weight excluding hydrogens is 375 g/mol. The normalized spacial score (nSPS) is 11.8. The van der Waals surface area contributed by atoms with Crippen LogP contribution in [0.3, 0.4) is 0 Å². The minimum absolute atomic E-state index is 0.0125. The van der Waals surface area contributed by atoms with Crippen LogP contribution in [0.15, 0.2) is 67.3 Å². The maximum atomic E-state index is 6.20. The number of anilines is 1. The monoisotopic (exact) mass is 390 g/mol. The lowest BCUT2D eigenvalue weighted by molar-refractivity contribution is 0.534. The van der Waals surface area contributed by atoms with Gasteiger partial charge in [0.1, 0.15) is 0 Å². The van der Waals surface area contributed by atoms with E-state index in [-0.39, 0.29) is 6.04 Å². The topological polar surface area (TPSA) is 41.9 Å². The van der Waals surface area contributed by atoms with Gasteiger partial charge in [-0.15, -0.1) is 0 Å². The standard InChI is InChI=1S/C18H16Cl2N4S/c19-14-6-7-16(15(20)10-14)22-18(25)23-17(11-24-9-8-21-12-24)13-4-2-1-3-5-13/h1-10,12,17H,11H2,(H2,22,23,25). The van der Waals surface area contributed by atoms with E-state index in [0.717, 1.165) is 5.56 Å². The van der Waals surface area contributed by atoms with Gasteiger partial charge < -0.3 is 15.2 Å². The number of hydrogen-bond acceptors (Lipinski definition) is 2. The summed E-state index contributed by atoms with van der Waals surface area (Å²) in [6.45, 7) is 0.695. The maximum Gasteiger partial charge on any atom is 0.171 e. The molecule has 1 unspecified atom stereocenters. The van der Waals surface area contributed by atoms with Crippen molar-refractivity contribution in [2.45, 2.75) is 12.6 Å². The molecule has 0 spiro atoms. The van der Waals surface area contributed by atoms with Crippen LogP contribution in [0.4, 0.5) is 5.69 Å². The number of aromatic nitrogens is 2. The first-order chi connectivity index (χ1) is 12.1. The summed E-state index contributed by atoms with van der Waals surface area (Å²) in [5.41, 5.74) is 1.83. The molecule has 4 nitrogen and oxygen atoms in total. The van der Waals surface area contributed by atoms with E-state index >= 15 is 0 Å². The van der Waals surface area contributed by atoms with E-state index in [1.54, 1.807) is 30.7 Å². The van der Waals surface area contributed by atoms with Crippen LogP contribution in [-0.4, -0.2) is 14.7 Å². The van der Waals surface area contributed by atoms with Crippen LogP contribution in [0.25, 0.3) is 0 Å². The zero-order valence-electron chi connectivity index (χ0n) is 13.2. The predicted octanol–water partition coefficient (Wildman–Crippen LogP) is 4.92. The molecule has 2 aromatic carbocycles. The molecule has 1 atom stereocenters. The summed E-state index contributed by atoms with van der Waals surface area (Å²) in [7, 11) is 0. The van der Waals surface area contributed by atoms with Crippen molar-refractivity contribution in [3.63, 3.8) is 0 Å². The second kappa shape index (κ2) is 8.34. The van der Waals surface area contributed by atoms with Crippen molar-refractivity contribution in [1.29, 1.82) is 0 Å². The van der Waals surface area contributed by atoms with Crippen LogP contribution in [-0.2, 0) is 6.54 Å². The van der Waals surface area contributed by atoms with Crippen molar-refractivity contribution in [1.82, 2.24) is 14.9 Å². The zero-order valence-corrected chi connectivity index (χ0v) is 15.5. The second-order valence-electron chi connectivity index (χ2n) is 5.45. The van der Waals surface area contributed by atoms with Gasteiger partial charge in [-0.1, -0.05) is 53.5 Å². The Labute approximate surface area is 161 Å². The molecule has 0 amide bonds. The Morgan fingerprint density at radius 1 is 1.16 bits per heavy atom. The number of hydrogen-bond donors (Lipinski definition) is 2. The Hall–Kier alpha value is -2.08. The van der Waals surface area contributed by atoms with Crippen LogP contribution in [0.2, 0.25) is 10.0 Å². The Morgan fingerprint density at radius 2 is 1.96 bits per heavy atom. The molecular formula is C18H16Cl2N4S. The molecule has 0 aliphatic carbocycles. The molecule has 1 heterocycles. The van der Waals surface area contributed by atoms with Gasteiger partial charge in [0, 0.05) is 24.0 Å². The van der Waals surface area contributed by atoms with E-state index in [1.165, 1.54) is 0 Å². The molecule has 1 aromatic heterocycles. The molecule has 128 valence electrons. The second-order valence-corrected chi connectivity index (χ2v) is 6.70. The number of nitrogens with zero attached hydrogens (tertiary/aromatic N) is 2. The van der Waals surface area contributed by atoms with Crippen molar-refractivity contribution >= 4 is 46.2 Å². The van der Waals surface area contributed by atoms with Gasteiger partial charge in [0.05, 0.1) is 23.1 Å². The smallest absolute Gasteiger partial charge is 0.171 e. The third kappa shape index (κ3) is 4.95. The molecule has 0 fully saturated rings. The summed E-state index contributed by atoms with van der Waals surface area (Å²) in [5.74, 6) is 0. The summed E-state index contributed by atoms with van der Waals surface area (Å²) in [5, 5.41) is 8.05. The minimum Gasteiger partial charge on any atom is -0.354 e. The Balaban J connectivity index is 1.74. The molecule has 3 aromatic rings. The highest BCUT2D eigenvalue weighted by Crippen LogP contribution is 2.25. The average Bonchev–Trinajstić information content (AvgIpc) is 3.11. The first-order valence-electron chi connectivity index (χ1n) is 7.65. The molecule has 0 aliphatic rings. The first kappa shape index (κ1) is 17.7. The summed E-state index contributed by atoms with van der Waals surface area (Å²) in [4.78, 5) is 4.09. The number of nitrogens with one attached hydrogen (secondary N) is 2. The maximum absolute atomic E-state index is 6.20. The Bertz CT molecular complexity index is 838. The van der Waals surface area contributed by atoms with Gasteiger partial charge in [-0.2, -0.15) is 0 Å². The van der Waals surface area contributed by atoms with Gasteiger partial charge in [0.15, 0.2) is 5.11 Å². The van der Waals surface area contributed by atoms with Gasteiger partial charge in [-0.25, -0.2) is 4.98 Å². The summed E-state index contributed by atoms with van der Waals surface area (Å²) >= 11 is 17.6. The van der Waals surface area contributed by atoms with Crippen molar-refractivity contribution in [3.05, 3.63) is 82.9 Å². The van der Waals surface area contributed by atoms with Crippen LogP contribution < -0.4 is 10.6 Å². The lowest BCUT2D eigenvalue weighted by atomic mass is 10.1. The summed E-state index contributed by atoms with van der Waals surface area (Å²) < 4.78 is 2.00. The van der Waals surface area contributed by atoms with Gasteiger partial charge >= 0.3 is 0 Å². The molecule has 0 bridgehead atoms. The Morgan fingerprint density at radius 3 is 2.64 bits per heavy atom. The number of halogens is 2. The summed E-state index contributed by atoms with van der Waals surface area (Å²) in [6, 6.07) is 15.3. The predicted molar refractivity (Wildman–Crippen MR) is 107 cm³/mol. The summed E-state index contributed by atoms with van der Waals surface area (Å²) in [6.07, 6.45) is 5.46. The van der Waals surface area contributed by atoms with Gasteiger partial charge in [0.2, 0.25) is 0 Å². The molecule has 2 N–H and O–H groups in total. The van der Waals surface area contributed by atoms with Crippen molar-refractivity contribution in [3.8, 4) is 0 Å². The fourth-order valence-electron chi connectivity index (χ4n) is 2.43. The van der Waals surface area contributed by atoms with E-state index in [2.05, 4.69) is 27.8 Å². The van der Waals surface area contributed by atoms with Gasteiger partial charge in [-0.05, 0) is 36.0 Å². The number of rotatable bonds is 5. The number of benzene rings is 2. The molecule has 3 rings (SSSR count). The van der Waals surface area contributed by atoms with Crippen molar-refractivity contribution in [2.24, 2.45) is 0 Å². The lowest BCUT2D eigenvalue weighted by Gasteiger charge is -2.22. The Kier molecular flexibility index (Phi) is 5.91. The zero-order chi connectivity index (χ0) is 17.6. The van der Waals surface area contributed by atoms with Gasteiger partial charge in [0.25, 0.3) is 0 Å². The molecule has 0 aliphatic heterocycles. The highest BCUT2D eigenvalue weighted by molar-refractivity contribution is 7.80. The SMILES string of the molecule is S=C(Nc1ccc(Cl)cc1Cl)NC(Cn1ccnc1)c1ccccc1. The fraction of sp³-hybridized carbons (Fsp3) is 0.111. The highest BCUT2D eigenvalue weighted by Gasteiger charge is 2.14. The molecule has 0 radical (unpaired) electrons. The largest absolute Gasteiger partial charge is 0.354 e. The van der Waals surface area contributed by atoms with E-state index in [1.807, 2.05) is 29.0 Å². The van der Waals surface area contributed by atoms with Crippen molar-refractivity contribution < 1.29 is 0 Å². The van der Waals surface area contributed by atoms with Crippen molar-refractivity contribution in [2.75, 3.05) is 5.32 Å². The average molecular weight is 391 g/mol. The third-order valence-electron chi connectivity index (χ3n) is 3.64. The quantitative estimate of drug-likeness (QED) is 0.606. The lowest BCUT2D eigenvalue weighted by Crippen LogP contribution is -2.34. The van der Waals surface area contributed by atoms with E-state index in [9.17, 15) is 0 Å². The van der Waals surface area contributed by atoms with Crippen LogP contribution >= 0.6 is 35.4 Å². The minimum atomic E-state index is -0.0125.